The van der Waals surface area contributed by atoms with E-state index in [-0.39, 0.29) is 64.0 Å². The maximum atomic E-state index is 11.4. The predicted molar refractivity (Wildman–Crippen MR) is 408 cm³/mol. The minimum absolute atomic E-state index is 0.0141. The number of aliphatic hydroxyl groups is 7. The summed E-state index contributed by atoms with van der Waals surface area (Å²) in [5.74, 6) is 11.4. The van der Waals surface area contributed by atoms with Crippen LogP contribution in [0.2, 0.25) is 0 Å². The first-order valence-electron chi connectivity index (χ1n) is 34.9. The number of thiol groups is 2. The van der Waals surface area contributed by atoms with E-state index >= 15 is 0 Å². The second-order valence-electron chi connectivity index (χ2n) is 21.4. The van der Waals surface area contributed by atoms with Crippen molar-refractivity contribution in [1.82, 2.24) is 19.6 Å². The molecule has 2 aromatic carbocycles. The lowest BCUT2D eigenvalue weighted by Crippen LogP contribution is -2.34. The molecule has 588 valence electrons. The molecule has 2 rings (SSSR count). The minimum Gasteiger partial charge on any atom is -0.493 e. The molecule has 0 amide bonds. The van der Waals surface area contributed by atoms with E-state index in [1.165, 1.54) is 37.6 Å². The average Bonchev–Trinajstić information content (AvgIpc) is 0.867. The van der Waals surface area contributed by atoms with Gasteiger partial charge in [-0.25, -0.2) is 0 Å². The summed E-state index contributed by atoms with van der Waals surface area (Å²) in [5, 5.41) is 61.2. The summed E-state index contributed by atoms with van der Waals surface area (Å²) in [6.45, 7) is 19.1. The van der Waals surface area contributed by atoms with Crippen molar-refractivity contribution in [2.24, 2.45) is 0 Å². The molecule has 0 unspecified atom stereocenters. The van der Waals surface area contributed by atoms with Gasteiger partial charge in [-0.15, -0.1) is 0 Å². The number of rotatable bonds is 72. The van der Waals surface area contributed by atoms with E-state index < -0.39 is 0 Å². The molecule has 0 radical (unpaired) electrons. The molecule has 0 heterocycles. The van der Waals surface area contributed by atoms with Crippen LogP contribution < -0.4 is 18.9 Å². The Morgan fingerprint density at radius 3 is 1.10 bits per heavy atom. The average molecular weight is 1530 g/mol. The number of Topliss-reactive ketones (excluding diaryl/α,β-unsaturated/α-hetero) is 2. The predicted octanol–water partition coefficient (Wildman–Crippen LogP) is 3.59. The zero-order chi connectivity index (χ0) is 73.5. The van der Waals surface area contributed by atoms with Crippen molar-refractivity contribution < 1.29 is 107 Å². The van der Waals surface area contributed by atoms with Crippen molar-refractivity contribution in [3.05, 3.63) is 48.5 Å². The zero-order valence-electron chi connectivity index (χ0n) is 60.6. The van der Waals surface area contributed by atoms with Gasteiger partial charge in [-0.05, 0) is 60.9 Å². The number of methoxy groups -OCH3 is 3. The Hall–Kier alpha value is -2.07. The SMILES string of the molecule is COCCCN(CCC(=O)CCO)CCC(=O)CCO.COc1cccc(OC)c1OCCOCCOCCN(CCOCCO)CCOCCO.OCCOCCN(CCOCCO)CCOCCOCCOc1ccccc1.OCCSCCCN(CCSCCS)CCSCCS. The van der Waals surface area contributed by atoms with Crippen LogP contribution in [0.25, 0.3) is 0 Å². The Morgan fingerprint density at radius 2 is 0.710 bits per heavy atom. The number of ketones is 2. The monoisotopic (exact) mass is 1530 g/mol. The normalized spacial score (nSPS) is 11.2. The van der Waals surface area contributed by atoms with Crippen LogP contribution >= 0.6 is 60.5 Å². The van der Waals surface area contributed by atoms with E-state index in [4.69, 9.17) is 97.3 Å². The zero-order valence-corrected chi connectivity index (χ0v) is 64.8. The van der Waals surface area contributed by atoms with Crippen LogP contribution in [0.1, 0.15) is 38.5 Å². The number of hydrogen-bond acceptors (Lipinski definition) is 31. The number of carbonyl (C=O) groups is 2. The highest BCUT2D eigenvalue weighted by Crippen LogP contribution is 2.36. The maximum absolute atomic E-state index is 11.4. The molecule has 100 heavy (non-hydrogen) atoms. The topological polar surface area (TPSA) is 309 Å². The summed E-state index contributed by atoms with van der Waals surface area (Å²) in [6, 6.07) is 15.1. The van der Waals surface area contributed by atoms with Gasteiger partial charge in [-0.1, -0.05) is 24.3 Å². The van der Waals surface area contributed by atoms with Gasteiger partial charge in [0.25, 0.3) is 0 Å². The molecule has 0 aliphatic heterocycles. The number of para-hydroxylation sites is 2. The van der Waals surface area contributed by atoms with Crippen LogP contribution in [-0.2, 0) is 52.2 Å². The molecule has 0 aliphatic rings. The van der Waals surface area contributed by atoms with Crippen molar-refractivity contribution in [2.75, 3.05) is 318 Å². The summed E-state index contributed by atoms with van der Waals surface area (Å²) in [5.41, 5.74) is 0. The number of benzene rings is 2. The molecule has 0 fully saturated rings. The van der Waals surface area contributed by atoms with Gasteiger partial charge < -0.3 is 107 Å². The first-order chi connectivity index (χ1) is 49.1. The van der Waals surface area contributed by atoms with E-state index in [1.807, 2.05) is 83.8 Å². The van der Waals surface area contributed by atoms with E-state index in [1.54, 1.807) is 21.3 Å². The van der Waals surface area contributed by atoms with Crippen molar-refractivity contribution in [3.63, 3.8) is 0 Å². The minimum atomic E-state index is -0.114. The Kier molecular flexibility index (Phi) is 82.6. The largest absolute Gasteiger partial charge is 0.493 e. The third-order valence-electron chi connectivity index (χ3n) is 13.7. The third kappa shape index (κ3) is 69.0. The highest BCUT2D eigenvalue weighted by atomic mass is 32.2. The maximum Gasteiger partial charge on any atom is 0.203 e. The van der Waals surface area contributed by atoms with E-state index in [9.17, 15) is 9.59 Å². The van der Waals surface area contributed by atoms with Crippen LogP contribution in [0.5, 0.6) is 23.0 Å². The first-order valence-corrected chi connectivity index (χ1v) is 39.6. The number of aliphatic hydroxyl groups excluding tert-OH is 7. The second-order valence-corrected chi connectivity index (χ2v) is 26.0. The molecular weight excluding hydrogens is 1400 g/mol. The van der Waals surface area contributed by atoms with Gasteiger partial charge in [0.1, 0.15) is 30.5 Å². The van der Waals surface area contributed by atoms with Crippen LogP contribution in [0.3, 0.4) is 0 Å². The molecule has 0 aromatic heterocycles. The van der Waals surface area contributed by atoms with Gasteiger partial charge in [-0.2, -0.15) is 60.5 Å². The van der Waals surface area contributed by atoms with Crippen molar-refractivity contribution in [1.29, 1.82) is 0 Å². The van der Waals surface area contributed by atoms with Gasteiger partial charge in [0.05, 0.1) is 153 Å². The molecule has 0 bridgehead atoms. The third-order valence-corrected chi connectivity index (χ3v) is 17.7. The summed E-state index contributed by atoms with van der Waals surface area (Å²) in [6.07, 6.45) is 3.23. The molecule has 0 aliphatic carbocycles. The number of hydrogen-bond donors (Lipinski definition) is 9. The standard InChI is InChI=1S/C22H39NO9.C20H35NO7.C14H27NO5.C13H29NOS5/c1-26-20-4-3-5-21(27-2)22(20)32-19-18-31-17-16-30-13-8-23(6-11-28-14-9-24)7-12-29-15-10-25;22-9-14-24-11-6-21(7-12-25-15-10-23)8-13-26-16-17-27-18-19-28-20-4-2-1-3-5-20;1-20-12-2-7-15(8-3-13(18)5-10-16)9-4-14(19)6-11-17;15-5-11-18-8-1-2-14(3-9-19-12-6-16)4-10-20-13-7-17/h3-5,24-25H,6-19H2,1-2H3;1-5,22-23H,6-19H2;16-17H,2-12H2,1H3;15-17H,1-13H2. The smallest absolute Gasteiger partial charge is 0.203 e. The van der Waals surface area contributed by atoms with Crippen molar-refractivity contribution >= 4 is 72.1 Å². The fraction of sp³-hybridized carbons (Fsp3) is 0.797. The number of carbonyl (C=O) groups excluding carboxylic acids is 2. The number of thioether (sulfide) groups is 3. The first kappa shape index (κ1) is 100.0. The Labute approximate surface area is 622 Å². The van der Waals surface area contributed by atoms with Crippen LogP contribution in [0.15, 0.2) is 48.5 Å². The number of ether oxygens (including phenoxy) is 13. The van der Waals surface area contributed by atoms with Gasteiger partial charge in [0.2, 0.25) is 5.75 Å². The summed E-state index contributed by atoms with van der Waals surface area (Å²) >= 11 is 14.3. The fourth-order valence-electron chi connectivity index (χ4n) is 8.49. The van der Waals surface area contributed by atoms with E-state index in [2.05, 4.69) is 44.9 Å². The Bertz CT molecular complexity index is 1910. The lowest BCUT2D eigenvalue weighted by molar-refractivity contribution is -0.120. The Morgan fingerprint density at radius 1 is 0.340 bits per heavy atom. The van der Waals surface area contributed by atoms with Crippen molar-refractivity contribution in [3.8, 4) is 23.0 Å². The van der Waals surface area contributed by atoms with Crippen molar-refractivity contribution in [2.45, 2.75) is 38.5 Å². The number of nitrogens with zero attached hydrogens (tertiary/aromatic N) is 4. The molecule has 2 aromatic rings. The molecule has 7 N–H and O–H groups in total. The van der Waals surface area contributed by atoms with Gasteiger partial charge >= 0.3 is 0 Å². The quantitative estimate of drug-likeness (QED) is 0.0338. The fourth-order valence-corrected chi connectivity index (χ4v) is 11.4. The molecule has 0 saturated carbocycles. The molecule has 31 heteroatoms. The van der Waals surface area contributed by atoms with Crippen LogP contribution in [0, 0.1) is 0 Å². The highest BCUT2D eigenvalue weighted by Gasteiger charge is 2.14. The highest BCUT2D eigenvalue weighted by molar-refractivity contribution is 8.00. The second kappa shape index (κ2) is 82.6. The van der Waals surface area contributed by atoms with Gasteiger partial charge in [0.15, 0.2) is 11.5 Å². The van der Waals surface area contributed by atoms with Gasteiger partial charge in [0, 0.05) is 153 Å². The summed E-state index contributed by atoms with van der Waals surface area (Å²) in [7, 11) is 4.81. The van der Waals surface area contributed by atoms with Gasteiger partial charge in [-0.3, -0.25) is 19.4 Å². The van der Waals surface area contributed by atoms with E-state index in [0.29, 0.717) is 188 Å². The summed E-state index contributed by atoms with van der Waals surface area (Å²) in [4.78, 5) is 31.8. The van der Waals surface area contributed by atoms with Crippen LogP contribution in [0.4, 0.5) is 0 Å². The lowest BCUT2D eigenvalue weighted by Gasteiger charge is -2.22. The molecule has 0 saturated heterocycles. The summed E-state index contributed by atoms with van der Waals surface area (Å²) < 4.78 is 70.5. The molecule has 26 nitrogen and oxygen atoms in total. The molecule has 0 spiro atoms. The van der Waals surface area contributed by atoms with E-state index in [0.717, 1.165) is 79.4 Å². The van der Waals surface area contributed by atoms with Crippen LogP contribution in [-0.4, -0.2) is 385 Å². The lowest BCUT2D eigenvalue weighted by atomic mass is 10.2. The Balaban J connectivity index is 0. The molecule has 0 atom stereocenters. The molecular formula is C69H130N4O22S5.